The molecular formula is C26H22F4N6O4. The van der Waals surface area contributed by atoms with Gasteiger partial charge in [0.05, 0.1) is 25.5 Å². The molecule has 0 N–H and O–H groups in total. The Bertz CT molecular complexity index is 1590. The van der Waals surface area contributed by atoms with Crippen LogP contribution in [0.15, 0.2) is 36.8 Å². The van der Waals surface area contributed by atoms with Gasteiger partial charge >= 0.3 is 12.1 Å². The summed E-state index contributed by atoms with van der Waals surface area (Å²) in [6.45, 7) is -0.180. The smallest absolute Gasteiger partial charge is 0.434 e. The Morgan fingerprint density at radius 3 is 2.50 bits per heavy atom. The summed E-state index contributed by atoms with van der Waals surface area (Å²) in [6, 6.07) is 5.21. The monoisotopic (exact) mass is 558 g/mol. The van der Waals surface area contributed by atoms with Crippen LogP contribution in [0.3, 0.4) is 0 Å². The van der Waals surface area contributed by atoms with Crippen molar-refractivity contribution in [3.63, 3.8) is 0 Å². The summed E-state index contributed by atoms with van der Waals surface area (Å²) in [5.74, 6) is -1.22. The van der Waals surface area contributed by atoms with Crippen molar-refractivity contribution in [2.75, 3.05) is 14.2 Å². The highest BCUT2D eigenvalue weighted by Gasteiger charge is 2.35. The molecule has 3 heterocycles. The van der Waals surface area contributed by atoms with Crippen molar-refractivity contribution in [1.82, 2.24) is 29.5 Å². The number of carbonyl (C=O) groups excluding carboxylic acids is 1. The molecule has 1 aliphatic carbocycles. The van der Waals surface area contributed by atoms with E-state index in [1.807, 2.05) is 0 Å². The second-order valence-corrected chi connectivity index (χ2v) is 8.99. The number of hydrogen-bond donors (Lipinski definition) is 0. The average molecular weight is 558 g/mol. The molecule has 0 saturated heterocycles. The minimum absolute atomic E-state index is 0.0125. The number of hydrogen-bond acceptors (Lipinski definition) is 9. The average Bonchev–Trinajstić information content (AvgIpc) is 3.71. The molecule has 10 nitrogen and oxygen atoms in total. The van der Waals surface area contributed by atoms with Crippen molar-refractivity contribution in [2.24, 2.45) is 7.05 Å². The lowest BCUT2D eigenvalue weighted by Crippen LogP contribution is -2.10. The number of alkyl halides is 3. The highest BCUT2D eigenvalue weighted by Crippen LogP contribution is 2.45. The SMILES string of the molecule is COC(=O)c1cc(OCc2ccc(-c3nc(C(F)(F)F)cn3C)c(F)c2)nc(-c2c(OC)ncnc2C2CC2)n1. The highest BCUT2D eigenvalue weighted by atomic mass is 19.4. The standard InChI is InChI=1S/C26H22F4N6O4/c1-36-10-18(26(28,29)30)34-23(36)15-7-4-13(8-16(15)27)11-40-19-9-17(25(37)39-3)33-22(35-19)20-21(14-5-6-14)31-12-32-24(20)38-2/h4,7-10,12,14H,5-6,11H2,1-3H3. The van der Waals surface area contributed by atoms with Gasteiger partial charge in [0.15, 0.2) is 17.2 Å². The molecule has 5 rings (SSSR count). The first kappa shape index (κ1) is 27.0. The molecule has 208 valence electrons. The third-order valence-corrected chi connectivity index (χ3v) is 6.15. The van der Waals surface area contributed by atoms with Gasteiger partial charge in [-0.1, -0.05) is 6.07 Å². The van der Waals surface area contributed by atoms with Crippen molar-refractivity contribution < 1.29 is 36.6 Å². The molecule has 14 heteroatoms. The number of carbonyl (C=O) groups is 1. The number of imidazole rings is 1. The fourth-order valence-electron chi connectivity index (χ4n) is 4.07. The summed E-state index contributed by atoms with van der Waals surface area (Å²) in [5.41, 5.74) is 0.135. The van der Waals surface area contributed by atoms with Crippen LogP contribution in [0, 0.1) is 5.82 Å². The number of halogens is 4. The molecule has 0 unspecified atom stereocenters. The third kappa shape index (κ3) is 5.42. The minimum Gasteiger partial charge on any atom is -0.480 e. The van der Waals surface area contributed by atoms with E-state index in [2.05, 4.69) is 24.9 Å². The topological polar surface area (TPSA) is 114 Å². The van der Waals surface area contributed by atoms with Gasteiger partial charge < -0.3 is 18.8 Å². The number of aryl methyl sites for hydroxylation is 1. The van der Waals surface area contributed by atoms with E-state index in [0.717, 1.165) is 29.7 Å². The first-order chi connectivity index (χ1) is 19.1. The number of esters is 1. The van der Waals surface area contributed by atoms with Gasteiger partial charge in [-0.2, -0.15) is 18.2 Å². The fraction of sp³-hybridized carbons (Fsp3) is 0.308. The van der Waals surface area contributed by atoms with Crippen LogP contribution >= 0.6 is 0 Å². The van der Waals surface area contributed by atoms with Crippen LogP contribution in [-0.4, -0.2) is 49.7 Å². The van der Waals surface area contributed by atoms with Crippen LogP contribution in [0.4, 0.5) is 17.6 Å². The Labute approximate surface area is 225 Å². The van der Waals surface area contributed by atoms with Crippen LogP contribution < -0.4 is 9.47 Å². The second-order valence-electron chi connectivity index (χ2n) is 8.99. The number of ether oxygens (including phenoxy) is 3. The van der Waals surface area contributed by atoms with Gasteiger partial charge in [0, 0.05) is 25.2 Å². The quantitative estimate of drug-likeness (QED) is 0.223. The lowest BCUT2D eigenvalue weighted by molar-refractivity contribution is -0.140. The lowest BCUT2D eigenvalue weighted by atomic mass is 10.1. The number of nitrogens with zero attached hydrogens (tertiary/aromatic N) is 6. The molecule has 0 amide bonds. The van der Waals surface area contributed by atoms with Gasteiger partial charge in [-0.3, -0.25) is 0 Å². The van der Waals surface area contributed by atoms with Crippen LogP contribution in [0.25, 0.3) is 22.8 Å². The van der Waals surface area contributed by atoms with E-state index >= 15 is 0 Å². The summed E-state index contributed by atoms with van der Waals surface area (Å²) in [4.78, 5) is 33.1. The maximum absolute atomic E-state index is 15.0. The summed E-state index contributed by atoms with van der Waals surface area (Å²) < 4.78 is 71.1. The van der Waals surface area contributed by atoms with Crippen molar-refractivity contribution in [3.05, 3.63) is 65.3 Å². The molecule has 0 bridgehead atoms. The molecular weight excluding hydrogens is 536 g/mol. The van der Waals surface area contributed by atoms with Gasteiger partial charge in [0.2, 0.25) is 11.8 Å². The lowest BCUT2D eigenvalue weighted by Gasteiger charge is -2.13. The summed E-state index contributed by atoms with van der Waals surface area (Å²) in [6.07, 6.45) is -0.645. The third-order valence-electron chi connectivity index (χ3n) is 6.15. The minimum atomic E-state index is -4.66. The van der Waals surface area contributed by atoms with Crippen LogP contribution in [0.1, 0.15) is 46.2 Å². The van der Waals surface area contributed by atoms with E-state index in [4.69, 9.17) is 14.2 Å². The molecule has 0 spiro atoms. The predicted octanol–water partition coefficient (Wildman–Crippen LogP) is 4.74. The van der Waals surface area contributed by atoms with E-state index in [-0.39, 0.29) is 47.2 Å². The number of aromatic nitrogens is 6. The van der Waals surface area contributed by atoms with Crippen molar-refractivity contribution in [2.45, 2.75) is 31.5 Å². The Kier molecular flexibility index (Phi) is 7.08. The predicted molar refractivity (Wildman–Crippen MR) is 131 cm³/mol. The summed E-state index contributed by atoms with van der Waals surface area (Å²) >= 11 is 0. The Balaban J connectivity index is 1.44. The summed E-state index contributed by atoms with van der Waals surface area (Å²) in [5, 5.41) is 0. The van der Waals surface area contributed by atoms with E-state index in [9.17, 15) is 22.4 Å². The van der Waals surface area contributed by atoms with Crippen LogP contribution in [-0.2, 0) is 24.6 Å². The van der Waals surface area contributed by atoms with Crippen LogP contribution in [0.5, 0.6) is 11.8 Å². The van der Waals surface area contributed by atoms with Crippen LogP contribution in [0.2, 0.25) is 0 Å². The van der Waals surface area contributed by atoms with Crippen molar-refractivity contribution in [3.8, 4) is 34.5 Å². The van der Waals surface area contributed by atoms with Gasteiger partial charge in [0.1, 0.15) is 30.1 Å². The Morgan fingerprint density at radius 1 is 1.10 bits per heavy atom. The first-order valence-corrected chi connectivity index (χ1v) is 12.0. The molecule has 1 fully saturated rings. The first-order valence-electron chi connectivity index (χ1n) is 12.0. The maximum Gasteiger partial charge on any atom is 0.434 e. The normalized spacial score (nSPS) is 13.3. The highest BCUT2D eigenvalue weighted by molar-refractivity contribution is 5.88. The fourth-order valence-corrected chi connectivity index (χ4v) is 4.07. The van der Waals surface area contributed by atoms with Gasteiger partial charge in [-0.15, -0.1) is 0 Å². The molecule has 1 aliphatic rings. The van der Waals surface area contributed by atoms with Crippen molar-refractivity contribution >= 4 is 5.97 Å². The van der Waals surface area contributed by atoms with Gasteiger partial charge in [-0.25, -0.2) is 29.1 Å². The number of methoxy groups -OCH3 is 2. The van der Waals surface area contributed by atoms with Gasteiger partial charge in [-0.05, 0) is 30.5 Å². The zero-order valence-electron chi connectivity index (χ0n) is 21.5. The molecule has 1 aromatic carbocycles. The van der Waals surface area contributed by atoms with Gasteiger partial charge in [0.25, 0.3) is 0 Å². The van der Waals surface area contributed by atoms with E-state index in [1.165, 1.54) is 45.8 Å². The molecule has 40 heavy (non-hydrogen) atoms. The van der Waals surface area contributed by atoms with E-state index in [1.54, 1.807) is 0 Å². The molecule has 1 saturated carbocycles. The Morgan fingerprint density at radius 2 is 1.88 bits per heavy atom. The molecule has 3 aromatic heterocycles. The van der Waals surface area contributed by atoms with Crippen molar-refractivity contribution in [1.29, 1.82) is 0 Å². The Hall–Kier alpha value is -4.62. The maximum atomic E-state index is 15.0. The molecule has 0 aliphatic heterocycles. The molecule has 0 radical (unpaired) electrons. The largest absolute Gasteiger partial charge is 0.480 e. The summed E-state index contributed by atoms with van der Waals surface area (Å²) in [7, 11) is 3.99. The van der Waals surface area contributed by atoms with E-state index in [0.29, 0.717) is 16.8 Å². The zero-order valence-corrected chi connectivity index (χ0v) is 21.5. The second kappa shape index (κ2) is 10.5. The molecule has 0 atom stereocenters. The molecule has 4 aromatic rings. The van der Waals surface area contributed by atoms with E-state index < -0.39 is 23.7 Å². The zero-order chi connectivity index (χ0) is 28.6. The number of rotatable bonds is 8. The number of benzene rings is 1.